The molecule has 1 saturated heterocycles. The summed E-state index contributed by atoms with van der Waals surface area (Å²) in [5.41, 5.74) is 2.93. The number of carbonyl (C=O) groups excluding carboxylic acids is 2. The quantitative estimate of drug-likeness (QED) is 0.453. The highest BCUT2D eigenvalue weighted by molar-refractivity contribution is 7.13. The first-order valence-corrected chi connectivity index (χ1v) is 14.3. The summed E-state index contributed by atoms with van der Waals surface area (Å²) in [4.78, 5) is 36.7. The molecule has 0 bridgehead atoms. The summed E-state index contributed by atoms with van der Waals surface area (Å²) >= 11 is 1.58. The lowest BCUT2D eigenvalue weighted by Gasteiger charge is -2.35. The third-order valence-electron chi connectivity index (χ3n) is 7.92. The fourth-order valence-corrected chi connectivity index (χ4v) is 6.46. The number of amides is 2. The predicted octanol–water partition coefficient (Wildman–Crippen LogP) is 4.42. The van der Waals surface area contributed by atoms with Crippen molar-refractivity contribution in [1.29, 1.82) is 0 Å². The molecule has 194 valence electrons. The van der Waals surface area contributed by atoms with Crippen LogP contribution in [0, 0.1) is 5.92 Å². The molecule has 0 unspecified atom stereocenters. The molecule has 1 atom stereocenters. The first kappa shape index (κ1) is 25.9. The van der Waals surface area contributed by atoms with Gasteiger partial charge in [0.2, 0.25) is 5.91 Å². The van der Waals surface area contributed by atoms with Crippen molar-refractivity contribution in [2.24, 2.45) is 5.92 Å². The van der Waals surface area contributed by atoms with Gasteiger partial charge in [-0.25, -0.2) is 4.98 Å². The number of thiophene rings is 1. The minimum atomic E-state index is -0.669. The number of carbonyl (C=O) groups is 2. The Balaban J connectivity index is 1.56. The molecule has 2 aliphatic rings. The van der Waals surface area contributed by atoms with Gasteiger partial charge in [-0.05, 0) is 50.0 Å². The minimum absolute atomic E-state index is 0.0561. The maximum absolute atomic E-state index is 14.0. The van der Waals surface area contributed by atoms with Gasteiger partial charge in [-0.1, -0.05) is 43.5 Å². The van der Waals surface area contributed by atoms with Gasteiger partial charge >= 0.3 is 7.05 Å². The van der Waals surface area contributed by atoms with E-state index < -0.39 is 7.05 Å². The predicted molar refractivity (Wildman–Crippen MR) is 149 cm³/mol. The molecule has 2 N–H and O–H groups in total. The lowest BCUT2D eigenvalue weighted by atomic mass is 9.84. The Morgan fingerprint density at radius 1 is 1.19 bits per heavy atom. The monoisotopic (exact) mass is 518 g/mol. The number of pyridine rings is 1. The van der Waals surface area contributed by atoms with Crippen LogP contribution in [0.15, 0.2) is 41.8 Å². The second-order valence-electron chi connectivity index (χ2n) is 10.4. The van der Waals surface area contributed by atoms with E-state index in [-0.39, 0.29) is 24.4 Å². The van der Waals surface area contributed by atoms with E-state index >= 15 is 0 Å². The van der Waals surface area contributed by atoms with Crippen LogP contribution in [0.4, 0.5) is 0 Å². The number of hydrogen-bond donors (Lipinski definition) is 2. The number of benzene rings is 1. The average Bonchev–Trinajstić information content (AvgIpc) is 3.44. The van der Waals surface area contributed by atoms with E-state index in [1.165, 1.54) is 19.3 Å². The molecule has 0 spiro atoms. The lowest BCUT2D eigenvalue weighted by molar-refractivity contribution is -0.135. The number of piperazine rings is 1. The van der Waals surface area contributed by atoms with E-state index in [0.29, 0.717) is 31.1 Å². The SMILES string of the molecule is CB(O)N1CCN(Cc2c(-c3cccs3)nc3ccccc3c2C(=O)N[C@@H](C)C2CCCCC2)C(=O)C1. The van der Waals surface area contributed by atoms with Gasteiger partial charge < -0.3 is 20.1 Å². The standard InChI is InChI=1S/C28H35BN4O3S/c1-19(20-9-4-3-5-10-20)30-28(35)26-21-11-6-7-12-23(21)31-27(24-13-8-16-37-24)22(26)17-32-14-15-33(29(2)36)18-25(32)34/h6-8,11-13,16,19-20,36H,3-5,9-10,14-15,17-18H2,1-2H3,(H,30,35)/t19-/m0/s1. The smallest absolute Gasteiger partial charge is 0.376 e. The Labute approximate surface area is 223 Å². The van der Waals surface area contributed by atoms with Gasteiger partial charge in [-0.15, -0.1) is 11.3 Å². The van der Waals surface area contributed by atoms with E-state index in [1.54, 1.807) is 27.9 Å². The number of fused-ring (bicyclic) bond motifs is 1. The van der Waals surface area contributed by atoms with Gasteiger partial charge in [0.05, 0.1) is 28.2 Å². The fraction of sp³-hybridized carbons (Fsp3) is 0.464. The zero-order valence-electron chi connectivity index (χ0n) is 21.7. The van der Waals surface area contributed by atoms with Crippen molar-refractivity contribution in [3.8, 4) is 10.6 Å². The molecule has 2 aromatic heterocycles. The lowest BCUT2D eigenvalue weighted by Crippen LogP contribution is -2.54. The van der Waals surface area contributed by atoms with Crippen LogP contribution in [0.3, 0.4) is 0 Å². The number of hydrogen-bond acceptors (Lipinski definition) is 6. The van der Waals surface area contributed by atoms with E-state index in [1.807, 2.05) is 41.8 Å². The van der Waals surface area contributed by atoms with Crippen molar-refractivity contribution in [1.82, 2.24) is 20.0 Å². The summed E-state index contributed by atoms with van der Waals surface area (Å²) in [7, 11) is -0.669. The van der Waals surface area contributed by atoms with Crippen LogP contribution in [-0.4, -0.2) is 64.3 Å². The molecule has 3 heterocycles. The molecule has 1 aliphatic carbocycles. The summed E-state index contributed by atoms with van der Waals surface area (Å²) < 4.78 is 0. The van der Waals surface area contributed by atoms with Crippen molar-refractivity contribution in [3.63, 3.8) is 0 Å². The van der Waals surface area contributed by atoms with Crippen LogP contribution in [0.25, 0.3) is 21.5 Å². The van der Waals surface area contributed by atoms with Crippen LogP contribution in [0.5, 0.6) is 0 Å². The number of aromatic nitrogens is 1. The zero-order chi connectivity index (χ0) is 25.9. The highest BCUT2D eigenvalue weighted by atomic mass is 32.1. The molecule has 0 radical (unpaired) electrons. The van der Waals surface area contributed by atoms with Gasteiger partial charge in [0.25, 0.3) is 5.91 Å². The van der Waals surface area contributed by atoms with Crippen LogP contribution < -0.4 is 5.32 Å². The second kappa shape index (κ2) is 11.3. The highest BCUT2D eigenvalue weighted by Crippen LogP contribution is 2.34. The van der Waals surface area contributed by atoms with Gasteiger partial charge in [0.15, 0.2) is 0 Å². The Morgan fingerprint density at radius 2 is 1.97 bits per heavy atom. The van der Waals surface area contributed by atoms with Crippen LogP contribution >= 0.6 is 11.3 Å². The van der Waals surface area contributed by atoms with Crippen molar-refractivity contribution < 1.29 is 14.6 Å². The van der Waals surface area contributed by atoms with Crippen LogP contribution in [-0.2, 0) is 11.3 Å². The highest BCUT2D eigenvalue weighted by Gasteiger charge is 2.31. The molecule has 2 fully saturated rings. The maximum atomic E-state index is 14.0. The average molecular weight is 518 g/mol. The Hall–Kier alpha value is -2.75. The van der Waals surface area contributed by atoms with E-state index in [0.717, 1.165) is 39.9 Å². The van der Waals surface area contributed by atoms with Crippen molar-refractivity contribution in [2.75, 3.05) is 19.6 Å². The van der Waals surface area contributed by atoms with Crippen LogP contribution in [0.1, 0.15) is 54.9 Å². The number of rotatable bonds is 7. The summed E-state index contributed by atoms with van der Waals surface area (Å²) in [6.07, 6.45) is 6.01. The van der Waals surface area contributed by atoms with Gasteiger partial charge in [0.1, 0.15) is 0 Å². The molecule has 7 nitrogen and oxygen atoms in total. The largest absolute Gasteiger partial charge is 0.437 e. The summed E-state index contributed by atoms with van der Waals surface area (Å²) in [5, 5.41) is 16.1. The third-order valence-corrected chi connectivity index (χ3v) is 8.79. The molecule has 5 rings (SSSR count). The molecule has 1 saturated carbocycles. The van der Waals surface area contributed by atoms with Crippen molar-refractivity contribution >= 4 is 41.1 Å². The minimum Gasteiger partial charge on any atom is -0.437 e. The number of nitrogens with one attached hydrogen (secondary N) is 1. The van der Waals surface area contributed by atoms with Crippen LogP contribution in [0.2, 0.25) is 6.82 Å². The first-order valence-electron chi connectivity index (χ1n) is 13.4. The van der Waals surface area contributed by atoms with Gasteiger partial charge in [0, 0.05) is 36.6 Å². The first-order chi connectivity index (χ1) is 17.9. The molecule has 9 heteroatoms. The Kier molecular flexibility index (Phi) is 7.93. The molecule has 3 aromatic rings. The molecular weight excluding hydrogens is 483 g/mol. The van der Waals surface area contributed by atoms with E-state index in [9.17, 15) is 14.6 Å². The van der Waals surface area contributed by atoms with Crippen molar-refractivity contribution in [3.05, 3.63) is 52.9 Å². The molecular formula is C28H35BN4O3S. The number of nitrogens with zero attached hydrogens (tertiary/aromatic N) is 3. The molecule has 1 aliphatic heterocycles. The second-order valence-corrected chi connectivity index (χ2v) is 11.3. The molecule has 37 heavy (non-hydrogen) atoms. The van der Waals surface area contributed by atoms with E-state index in [4.69, 9.17) is 4.98 Å². The van der Waals surface area contributed by atoms with E-state index in [2.05, 4.69) is 12.2 Å². The maximum Gasteiger partial charge on any atom is 0.376 e. The summed E-state index contributed by atoms with van der Waals surface area (Å²) in [5.74, 6) is 0.333. The van der Waals surface area contributed by atoms with Gasteiger partial charge in [-0.3, -0.25) is 9.59 Å². The Morgan fingerprint density at radius 3 is 2.68 bits per heavy atom. The summed E-state index contributed by atoms with van der Waals surface area (Å²) in [6, 6.07) is 11.9. The molecule has 1 aromatic carbocycles. The topological polar surface area (TPSA) is 85.8 Å². The molecule has 2 amide bonds. The van der Waals surface area contributed by atoms with Gasteiger partial charge in [-0.2, -0.15) is 0 Å². The number of para-hydroxylation sites is 1. The fourth-order valence-electron chi connectivity index (χ4n) is 5.72. The third kappa shape index (κ3) is 5.59. The van der Waals surface area contributed by atoms with Crippen molar-refractivity contribution in [2.45, 2.75) is 58.4 Å². The Bertz CT molecular complexity index is 1260. The zero-order valence-corrected chi connectivity index (χ0v) is 22.5. The summed E-state index contributed by atoms with van der Waals surface area (Å²) in [6.45, 7) is 5.33. The normalized spacial score (nSPS) is 18.2.